The number of unbranched alkanes of at least 4 members (excludes halogenated alkanes) is 1. The quantitative estimate of drug-likeness (QED) is 0.440. The van der Waals surface area contributed by atoms with Crippen LogP contribution in [0, 0.1) is 0 Å². The molecule has 6 heteroatoms. The summed E-state index contributed by atoms with van der Waals surface area (Å²) in [7, 11) is 0. The molecule has 2 saturated heterocycles. The van der Waals surface area contributed by atoms with Crippen molar-refractivity contribution in [2.24, 2.45) is 0 Å². The molecule has 2 rings (SSSR count). The van der Waals surface area contributed by atoms with E-state index in [1.807, 2.05) is 27.7 Å². The van der Waals surface area contributed by atoms with Gasteiger partial charge in [-0.1, -0.05) is 6.42 Å². The third-order valence-corrected chi connectivity index (χ3v) is 3.62. The van der Waals surface area contributed by atoms with Crippen LogP contribution in [-0.2, 0) is 23.7 Å². The molecule has 5 atom stereocenters. The molecular formula is C16H28O6. The highest BCUT2D eigenvalue weighted by atomic mass is 16.8. The summed E-state index contributed by atoms with van der Waals surface area (Å²) in [4.78, 5) is 11.6. The largest absolute Gasteiger partial charge is 0.460 e. The summed E-state index contributed by atoms with van der Waals surface area (Å²) in [5.41, 5.74) is -0.426. The molecule has 0 radical (unpaired) electrons. The topological polar surface area (TPSA) is 77.5 Å². The number of aliphatic hydroxyl groups is 1. The Labute approximate surface area is 132 Å². The minimum atomic E-state index is -0.632. The van der Waals surface area contributed by atoms with E-state index in [1.165, 1.54) is 0 Å². The molecule has 6 nitrogen and oxygen atoms in total. The average Bonchev–Trinajstić information content (AvgIpc) is 3.10. The summed E-state index contributed by atoms with van der Waals surface area (Å²) in [5, 5.41) is 9.88. The monoisotopic (exact) mass is 316 g/mol. The normalized spacial score (nSPS) is 32.2. The van der Waals surface area contributed by atoms with Gasteiger partial charge in [0.2, 0.25) is 0 Å². The Kier molecular flexibility index (Phi) is 5.82. The third kappa shape index (κ3) is 5.83. The number of fused-ring (bicyclic) bond motifs is 1. The molecule has 0 aromatic heterocycles. The average molecular weight is 316 g/mol. The molecule has 22 heavy (non-hydrogen) atoms. The number of epoxide rings is 1. The van der Waals surface area contributed by atoms with Crippen LogP contribution in [-0.4, -0.2) is 47.6 Å². The van der Waals surface area contributed by atoms with Crippen LogP contribution in [0.4, 0.5) is 0 Å². The standard InChI is InChI=1S/C16H28O6/c1-10(7-5-6-8-13(18)22-16(2,3)4)19-14-11(17)9-12-15(20-12)21-14/h10-12,14-15,17H,5-9H2,1-4H3/t10-,11?,12-,14?,15?/m1/s1. The summed E-state index contributed by atoms with van der Waals surface area (Å²) in [6.45, 7) is 7.54. The zero-order valence-electron chi connectivity index (χ0n) is 13.9. The Balaban J connectivity index is 1.56. The molecule has 0 spiro atoms. The second kappa shape index (κ2) is 7.25. The van der Waals surface area contributed by atoms with Crippen molar-refractivity contribution in [1.29, 1.82) is 0 Å². The molecule has 2 aliphatic rings. The molecule has 3 unspecified atom stereocenters. The summed E-state index contributed by atoms with van der Waals surface area (Å²) < 4.78 is 21.7. The van der Waals surface area contributed by atoms with Gasteiger partial charge in [0.25, 0.3) is 0 Å². The molecule has 2 heterocycles. The number of carbonyl (C=O) groups is 1. The maximum absolute atomic E-state index is 11.6. The lowest BCUT2D eigenvalue weighted by Gasteiger charge is -2.28. The molecule has 2 fully saturated rings. The van der Waals surface area contributed by atoms with E-state index in [0.29, 0.717) is 12.8 Å². The minimum Gasteiger partial charge on any atom is -0.460 e. The van der Waals surface area contributed by atoms with Gasteiger partial charge in [-0.05, 0) is 40.5 Å². The summed E-state index contributed by atoms with van der Waals surface area (Å²) in [6.07, 6.45) is 2.00. The smallest absolute Gasteiger partial charge is 0.306 e. The maximum Gasteiger partial charge on any atom is 0.306 e. The minimum absolute atomic E-state index is 0.0337. The number of aliphatic hydroxyl groups excluding tert-OH is 1. The number of hydrogen-bond acceptors (Lipinski definition) is 6. The zero-order valence-corrected chi connectivity index (χ0v) is 13.9. The van der Waals surface area contributed by atoms with Crippen LogP contribution in [0.15, 0.2) is 0 Å². The molecule has 128 valence electrons. The Morgan fingerprint density at radius 1 is 1.32 bits per heavy atom. The van der Waals surface area contributed by atoms with Gasteiger partial charge in [0.1, 0.15) is 17.8 Å². The van der Waals surface area contributed by atoms with Gasteiger partial charge >= 0.3 is 5.97 Å². The van der Waals surface area contributed by atoms with Crippen LogP contribution in [0.1, 0.15) is 59.8 Å². The number of hydrogen-bond donors (Lipinski definition) is 1. The molecule has 1 N–H and O–H groups in total. The predicted octanol–water partition coefficient (Wildman–Crippen LogP) is 2.13. The first kappa shape index (κ1) is 17.7. The van der Waals surface area contributed by atoms with E-state index < -0.39 is 18.0 Å². The Morgan fingerprint density at radius 3 is 2.73 bits per heavy atom. The van der Waals surface area contributed by atoms with Crippen LogP contribution < -0.4 is 0 Å². The number of rotatable bonds is 7. The summed E-state index contributed by atoms with van der Waals surface area (Å²) in [5.74, 6) is -0.163. The van der Waals surface area contributed by atoms with E-state index in [4.69, 9.17) is 18.9 Å². The van der Waals surface area contributed by atoms with Gasteiger partial charge < -0.3 is 24.1 Å². The van der Waals surface area contributed by atoms with E-state index in [2.05, 4.69) is 0 Å². The van der Waals surface area contributed by atoms with Gasteiger partial charge in [0.15, 0.2) is 12.6 Å². The van der Waals surface area contributed by atoms with Crippen molar-refractivity contribution >= 4 is 5.97 Å². The van der Waals surface area contributed by atoms with E-state index in [9.17, 15) is 9.90 Å². The molecule has 0 bridgehead atoms. The highest BCUT2D eigenvalue weighted by Gasteiger charge is 2.50. The first-order valence-corrected chi connectivity index (χ1v) is 8.11. The lowest BCUT2D eigenvalue weighted by molar-refractivity contribution is -0.239. The predicted molar refractivity (Wildman–Crippen MR) is 79.0 cm³/mol. The van der Waals surface area contributed by atoms with Gasteiger partial charge in [0, 0.05) is 12.8 Å². The van der Waals surface area contributed by atoms with Gasteiger partial charge in [-0.25, -0.2) is 0 Å². The van der Waals surface area contributed by atoms with Crippen LogP contribution >= 0.6 is 0 Å². The van der Waals surface area contributed by atoms with Crippen molar-refractivity contribution in [1.82, 2.24) is 0 Å². The van der Waals surface area contributed by atoms with Crippen molar-refractivity contribution in [3.63, 3.8) is 0 Å². The van der Waals surface area contributed by atoms with Gasteiger partial charge in [-0.15, -0.1) is 0 Å². The van der Waals surface area contributed by atoms with Crippen molar-refractivity contribution in [2.75, 3.05) is 0 Å². The molecular weight excluding hydrogens is 288 g/mol. The zero-order chi connectivity index (χ0) is 16.3. The Bertz CT molecular complexity index is 377. The third-order valence-electron chi connectivity index (χ3n) is 3.62. The van der Waals surface area contributed by atoms with E-state index in [-0.39, 0.29) is 24.5 Å². The molecule has 0 aromatic carbocycles. The number of esters is 1. The molecule has 0 aromatic rings. The van der Waals surface area contributed by atoms with Crippen molar-refractivity contribution in [3.8, 4) is 0 Å². The van der Waals surface area contributed by atoms with E-state index >= 15 is 0 Å². The lowest BCUT2D eigenvalue weighted by Crippen LogP contribution is -2.40. The van der Waals surface area contributed by atoms with Crippen molar-refractivity contribution < 1.29 is 28.8 Å². The van der Waals surface area contributed by atoms with Crippen LogP contribution in [0.5, 0.6) is 0 Å². The van der Waals surface area contributed by atoms with E-state index in [1.54, 1.807) is 0 Å². The molecule has 0 amide bonds. The van der Waals surface area contributed by atoms with Crippen LogP contribution in [0.2, 0.25) is 0 Å². The van der Waals surface area contributed by atoms with Gasteiger partial charge in [0.05, 0.1) is 6.10 Å². The van der Waals surface area contributed by atoms with Gasteiger partial charge in [-0.2, -0.15) is 0 Å². The Hall–Kier alpha value is -0.690. The van der Waals surface area contributed by atoms with Gasteiger partial charge in [-0.3, -0.25) is 4.79 Å². The second-order valence-electron chi connectivity index (χ2n) is 7.13. The molecule has 0 aliphatic carbocycles. The van der Waals surface area contributed by atoms with Crippen molar-refractivity contribution in [2.45, 2.75) is 96.3 Å². The first-order valence-electron chi connectivity index (χ1n) is 8.11. The number of ether oxygens (including phenoxy) is 4. The van der Waals surface area contributed by atoms with Crippen molar-refractivity contribution in [3.05, 3.63) is 0 Å². The second-order valence-corrected chi connectivity index (χ2v) is 7.13. The fourth-order valence-corrected chi connectivity index (χ4v) is 2.50. The molecule has 0 saturated carbocycles. The van der Waals surface area contributed by atoms with Crippen LogP contribution in [0.3, 0.4) is 0 Å². The first-order chi connectivity index (χ1) is 10.2. The highest BCUT2D eigenvalue weighted by Crippen LogP contribution is 2.36. The fourth-order valence-electron chi connectivity index (χ4n) is 2.50. The lowest BCUT2D eigenvalue weighted by atomic mass is 10.1. The highest BCUT2D eigenvalue weighted by molar-refractivity contribution is 5.69. The Morgan fingerprint density at radius 2 is 2.05 bits per heavy atom. The number of carbonyl (C=O) groups excluding carboxylic acids is 1. The van der Waals surface area contributed by atoms with E-state index in [0.717, 1.165) is 19.3 Å². The van der Waals surface area contributed by atoms with Crippen LogP contribution in [0.25, 0.3) is 0 Å². The molecule has 2 aliphatic heterocycles. The summed E-state index contributed by atoms with van der Waals surface area (Å²) >= 11 is 0. The summed E-state index contributed by atoms with van der Waals surface area (Å²) in [6, 6.07) is 0. The maximum atomic E-state index is 11.6. The fraction of sp³-hybridized carbons (Fsp3) is 0.938. The SMILES string of the molecule is C[C@H](CCCCC(=O)OC(C)(C)C)OC1OC2O[C@@H]2CC1O.